The first-order valence-electron chi connectivity index (χ1n) is 7.06. The van der Waals surface area contributed by atoms with Gasteiger partial charge < -0.3 is 0 Å². The molecule has 4 rings (SSSR count). The predicted octanol–water partition coefficient (Wildman–Crippen LogP) is 5.21. The molecule has 1 fully saturated rings. The molecule has 1 heterocycles. The first kappa shape index (κ1) is 16.3. The van der Waals surface area contributed by atoms with Crippen LogP contribution in [0.2, 0.25) is 0 Å². The van der Waals surface area contributed by atoms with Crippen LogP contribution < -0.4 is 0 Å². The zero-order valence-electron chi connectivity index (χ0n) is 12.2. The van der Waals surface area contributed by atoms with Crippen molar-refractivity contribution >= 4 is 56.2 Å². The maximum absolute atomic E-state index is 13.0. The molecule has 2 bridgehead atoms. The molecular weight excluding hydrogens is 398 g/mol. The summed E-state index contributed by atoms with van der Waals surface area (Å²) in [4.78, 5) is -1.47. The van der Waals surface area contributed by atoms with E-state index < -0.39 is 35.1 Å². The van der Waals surface area contributed by atoms with Gasteiger partial charge in [0.05, 0.1) is 5.03 Å². The van der Waals surface area contributed by atoms with Gasteiger partial charge in [-0.15, -0.1) is 11.6 Å². The maximum atomic E-state index is 13.0. The van der Waals surface area contributed by atoms with E-state index >= 15 is 0 Å². The van der Waals surface area contributed by atoms with Crippen molar-refractivity contribution in [2.45, 2.75) is 34.8 Å². The summed E-state index contributed by atoms with van der Waals surface area (Å²) in [6.07, 6.45) is 0. The van der Waals surface area contributed by atoms with E-state index in [0.717, 1.165) is 22.3 Å². The van der Waals surface area contributed by atoms with Crippen LogP contribution in [0.1, 0.15) is 36.8 Å². The van der Waals surface area contributed by atoms with Gasteiger partial charge in [-0.05, 0) is 25.0 Å². The van der Waals surface area contributed by atoms with Crippen molar-refractivity contribution in [2.75, 3.05) is 0 Å². The molecule has 0 unspecified atom stereocenters. The standard InChI is InChI=1S/C16H12Cl4O2S/c1-7(2)10-11-8-5-3-4-6-9(8)12(10)16(20)15(11,19)13(17)14(18)23(16,21)22/h3-6,11-12H,1-2H3/t11-,12-,15+,16+/m1/s1. The number of sulfone groups is 1. The van der Waals surface area contributed by atoms with Gasteiger partial charge in [-0.3, -0.25) is 0 Å². The quantitative estimate of drug-likeness (QED) is 0.435. The third-order valence-corrected chi connectivity index (χ3v) is 10.8. The second kappa shape index (κ2) is 4.50. The monoisotopic (exact) mass is 408 g/mol. The molecule has 0 saturated heterocycles. The summed E-state index contributed by atoms with van der Waals surface area (Å²) in [6.45, 7) is 3.88. The molecule has 1 aliphatic heterocycles. The summed E-state index contributed by atoms with van der Waals surface area (Å²) in [5, 5.41) is -0.0726. The molecule has 0 aromatic heterocycles. The van der Waals surface area contributed by atoms with Gasteiger partial charge in [0.2, 0.25) is 9.84 Å². The van der Waals surface area contributed by atoms with Crippen molar-refractivity contribution in [2.24, 2.45) is 0 Å². The lowest BCUT2D eigenvalue weighted by molar-refractivity contribution is 0.530. The minimum atomic E-state index is -4.04. The highest BCUT2D eigenvalue weighted by Crippen LogP contribution is 2.78. The second-order valence-corrected chi connectivity index (χ2v) is 10.9. The van der Waals surface area contributed by atoms with Gasteiger partial charge in [-0.2, -0.15) is 0 Å². The fraction of sp³-hybridized carbons (Fsp3) is 0.375. The van der Waals surface area contributed by atoms with E-state index in [1.54, 1.807) is 0 Å². The fourth-order valence-electron chi connectivity index (χ4n) is 4.37. The molecule has 2 nitrogen and oxygen atoms in total. The third kappa shape index (κ3) is 1.45. The summed E-state index contributed by atoms with van der Waals surface area (Å²) in [7, 11) is -4.04. The Balaban J connectivity index is 2.20. The van der Waals surface area contributed by atoms with Crippen molar-refractivity contribution in [1.82, 2.24) is 0 Å². The summed E-state index contributed by atoms with van der Waals surface area (Å²) in [5.74, 6) is -0.950. The maximum Gasteiger partial charge on any atom is 0.213 e. The van der Waals surface area contributed by atoms with Crippen LogP contribution in [0.15, 0.2) is 44.8 Å². The second-order valence-electron chi connectivity index (χ2n) is 6.40. The molecule has 1 aromatic rings. The predicted molar refractivity (Wildman–Crippen MR) is 95.1 cm³/mol. The SMILES string of the molecule is CC(C)=C1[C@H]2c3ccccc3[C@H]1[C@@]1(Cl)[C@@]2(Cl)C(Cl)=C(Cl)S1(=O)=O. The Morgan fingerprint density at radius 3 is 2.09 bits per heavy atom. The Bertz CT molecular complexity index is 929. The van der Waals surface area contributed by atoms with Crippen molar-refractivity contribution in [3.8, 4) is 0 Å². The normalized spacial score (nSPS) is 39.7. The van der Waals surface area contributed by atoms with Gasteiger partial charge in [0.1, 0.15) is 4.87 Å². The number of hydrogen-bond acceptors (Lipinski definition) is 2. The van der Waals surface area contributed by atoms with Crippen molar-refractivity contribution in [3.63, 3.8) is 0 Å². The van der Waals surface area contributed by atoms with Crippen LogP contribution in [0.5, 0.6) is 0 Å². The first-order valence-corrected chi connectivity index (χ1v) is 10.1. The van der Waals surface area contributed by atoms with E-state index in [4.69, 9.17) is 46.4 Å². The van der Waals surface area contributed by atoms with Crippen molar-refractivity contribution in [3.05, 3.63) is 55.9 Å². The highest BCUT2D eigenvalue weighted by molar-refractivity contribution is 8.00. The number of rotatable bonds is 0. The lowest BCUT2D eigenvalue weighted by atomic mass is 9.82. The Labute approximate surface area is 155 Å². The Morgan fingerprint density at radius 1 is 1.04 bits per heavy atom. The highest BCUT2D eigenvalue weighted by Gasteiger charge is 2.81. The molecule has 2 aliphatic carbocycles. The summed E-state index contributed by atoms with van der Waals surface area (Å²) in [6, 6.07) is 7.63. The zero-order chi connectivity index (χ0) is 16.9. The molecule has 0 N–H and O–H groups in total. The summed E-state index contributed by atoms with van der Waals surface area (Å²) in [5.41, 5.74) is 3.79. The number of allylic oxidation sites excluding steroid dienone is 3. The average Bonchev–Trinajstić information content (AvgIpc) is 2.99. The molecule has 7 heteroatoms. The van der Waals surface area contributed by atoms with Crippen molar-refractivity contribution in [1.29, 1.82) is 0 Å². The largest absolute Gasteiger partial charge is 0.221 e. The van der Waals surface area contributed by atoms with Gasteiger partial charge in [0.15, 0.2) is 8.57 Å². The van der Waals surface area contributed by atoms with Gasteiger partial charge in [0.25, 0.3) is 0 Å². The Kier molecular flexibility index (Phi) is 3.19. The van der Waals surface area contributed by atoms with Crippen LogP contribution in [0.3, 0.4) is 0 Å². The topological polar surface area (TPSA) is 34.1 Å². The zero-order valence-corrected chi connectivity index (χ0v) is 16.0. The van der Waals surface area contributed by atoms with Crippen LogP contribution in [-0.2, 0) is 9.84 Å². The molecule has 0 radical (unpaired) electrons. The van der Waals surface area contributed by atoms with Crippen LogP contribution in [0, 0.1) is 0 Å². The molecule has 4 atom stereocenters. The lowest BCUT2D eigenvalue weighted by Gasteiger charge is -2.39. The molecular formula is C16H12Cl4O2S. The van der Waals surface area contributed by atoms with Gasteiger partial charge >= 0.3 is 0 Å². The average molecular weight is 410 g/mol. The summed E-state index contributed by atoms with van der Waals surface area (Å²) < 4.78 is 23.7. The number of halogens is 4. The first-order chi connectivity index (χ1) is 10.6. The van der Waals surface area contributed by atoms with Gasteiger partial charge in [-0.25, -0.2) is 8.42 Å². The minimum absolute atomic E-state index is 0.0726. The van der Waals surface area contributed by atoms with Gasteiger partial charge in [0, 0.05) is 11.8 Å². The Hall–Kier alpha value is -0.190. The molecule has 0 amide bonds. The molecule has 1 saturated carbocycles. The van der Waals surface area contributed by atoms with E-state index in [-0.39, 0.29) is 5.03 Å². The fourth-order valence-corrected chi connectivity index (χ4v) is 9.02. The summed E-state index contributed by atoms with van der Waals surface area (Å²) >= 11 is 26.1. The number of hydrogen-bond donors (Lipinski definition) is 0. The molecule has 1 aromatic carbocycles. The Morgan fingerprint density at radius 2 is 1.57 bits per heavy atom. The van der Waals surface area contributed by atoms with Crippen LogP contribution in [0.4, 0.5) is 0 Å². The van der Waals surface area contributed by atoms with Crippen LogP contribution >= 0.6 is 46.4 Å². The van der Waals surface area contributed by atoms with E-state index in [1.807, 2.05) is 38.1 Å². The number of fused-ring (bicyclic) bond motifs is 8. The smallest absolute Gasteiger partial charge is 0.213 e. The van der Waals surface area contributed by atoms with E-state index in [9.17, 15) is 8.42 Å². The minimum Gasteiger partial charge on any atom is -0.221 e. The number of benzene rings is 1. The molecule has 122 valence electrons. The van der Waals surface area contributed by atoms with E-state index in [0.29, 0.717) is 0 Å². The molecule has 0 spiro atoms. The third-order valence-electron chi connectivity index (χ3n) is 5.20. The number of alkyl halides is 2. The highest BCUT2D eigenvalue weighted by atomic mass is 35.5. The molecule has 23 heavy (non-hydrogen) atoms. The van der Waals surface area contributed by atoms with Crippen molar-refractivity contribution < 1.29 is 8.42 Å². The van der Waals surface area contributed by atoms with E-state index in [2.05, 4.69) is 0 Å². The van der Waals surface area contributed by atoms with Crippen LogP contribution in [-0.4, -0.2) is 17.5 Å². The van der Waals surface area contributed by atoms with Crippen LogP contribution in [0.25, 0.3) is 0 Å². The lowest BCUT2D eigenvalue weighted by Crippen LogP contribution is -2.50. The van der Waals surface area contributed by atoms with Gasteiger partial charge in [-0.1, -0.05) is 70.2 Å². The molecule has 3 aliphatic rings. The van der Waals surface area contributed by atoms with E-state index in [1.165, 1.54) is 0 Å².